The predicted octanol–water partition coefficient (Wildman–Crippen LogP) is 4.65. The fourth-order valence-electron chi connectivity index (χ4n) is 4.15. The van der Waals surface area contributed by atoms with Crippen molar-refractivity contribution in [1.29, 1.82) is 5.41 Å². The molecule has 0 radical (unpaired) electrons. The van der Waals surface area contributed by atoms with Gasteiger partial charge < -0.3 is 14.4 Å². The van der Waals surface area contributed by atoms with E-state index in [2.05, 4.69) is 21.1 Å². The quantitative estimate of drug-likeness (QED) is 0.595. The first kappa shape index (κ1) is 23.2. The molecule has 0 spiro atoms. The number of thioether (sulfide) groups is 1. The van der Waals surface area contributed by atoms with E-state index in [1.54, 1.807) is 6.08 Å². The number of hydrogen-bond acceptors (Lipinski definition) is 7. The summed E-state index contributed by atoms with van der Waals surface area (Å²) in [7, 11) is 0. The lowest BCUT2D eigenvalue weighted by molar-refractivity contribution is -0.114. The van der Waals surface area contributed by atoms with Crippen LogP contribution >= 0.6 is 11.8 Å². The minimum atomic E-state index is -0.440. The number of carbonyl (C=O) groups excluding carboxylic acids is 1. The predicted molar refractivity (Wildman–Crippen MR) is 139 cm³/mol. The number of rotatable bonds is 6. The number of amides is 1. The third kappa shape index (κ3) is 4.95. The van der Waals surface area contributed by atoms with Gasteiger partial charge in [-0.1, -0.05) is 35.9 Å². The third-order valence-corrected chi connectivity index (χ3v) is 6.85. The van der Waals surface area contributed by atoms with Gasteiger partial charge in [-0.25, -0.2) is 0 Å². The van der Waals surface area contributed by atoms with Gasteiger partial charge in [0.2, 0.25) is 5.17 Å². The van der Waals surface area contributed by atoms with Gasteiger partial charge in [-0.15, -0.1) is 5.10 Å². The van der Waals surface area contributed by atoms with E-state index in [-0.39, 0.29) is 11.4 Å². The summed E-state index contributed by atoms with van der Waals surface area (Å²) in [4.78, 5) is 19.2. The highest BCUT2D eigenvalue weighted by atomic mass is 32.2. The number of ether oxygens (including phenoxy) is 2. The summed E-state index contributed by atoms with van der Waals surface area (Å²) < 4.78 is 11.8. The van der Waals surface area contributed by atoms with Crippen molar-refractivity contribution in [2.75, 3.05) is 19.7 Å². The molecule has 1 saturated heterocycles. The highest BCUT2D eigenvalue weighted by molar-refractivity contribution is 8.26. The SMILES string of the molecule is CCOc1cc(/C=C2/C(=N)N3N=C(N4CCCC4)SC3=NC2=O)ccc1OCc1cccc(C)c1. The van der Waals surface area contributed by atoms with Crippen LogP contribution in [0.5, 0.6) is 11.5 Å². The Labute approximate surface area is 208 Å². The van der Waals surface area contributed by atoms with Crippen molar-refractivity contribution in [3.63, 3.8) is 0 Å². The first-order valence-electron chi connectivity index (χ1n) is 11.7. The fraction of sp³-hybridized carbons (Fsp3) is 0.308. The lowest BCUT2D eigenvalue weighted by Gasteiger charge is -2.20. The molecule has 0 atom stereocenters. The summed E-state index contributed by atoms with van der Waals surface area (Å²) in [6.07, 6.45) is 3.91. The summed E-state index contributed by atoms with van der Waals surface area (Å²) in [5.41, 5.74) is 3.16. The zero-order chi connectivity index (χ0) is 24.4. The Hall–Kier alpha value is -3.59. The maximum atomic E-state index is 12.8. The second kappa shape index (κ2) is 9.95. The second-order valence-corrected chi connectivity index (χ2v) is 9.45. The highest BCUT2D eigenvalue weighted by Gasteiger charge is 2.37. The van der Waals surface area contributed by atoms with Gasteiger partial charge in [0.15, 0.2) is 22.5 Å². The van der Waals surface area contributed by atoms with E-state index >= 15 is 0 Å². The van der Waals surface area contributed by atoms with Gasteiger partial charge in [-0.3, -0.25) is 10.2 Å². The number of carbonyl (C=O) groups is 1. The molecule has 0 unspecified atom stereocenters. The number of hydrogen-bond donors (Lipinski definition) is 1. The molecule has 9 heteroatoms. The molecule has 1 fully saturated rings. The van der Waals surface area contributed by atoms with Crippen LogP contribution in [-0.4, -0.2) is 51.7 Å². The van der Waals surface area contributed by atoms with Gasteiger partial charge >= 0.3 is 0 Å². The maximum Gasteiger partial charge on any atom is 0.283 e. The molecule has 1 amide bonds. The maximum absolute atomic E-state index is 12.8. The molecule has 3 heterocycles. The molecule has 0 aliphatic carbocycles. The monoisotopic (exact) mass is 489 g/mol. The molecular formula is C26H27N5O3S. The van der Waals surface area contributed by atoms with Crippen LogP contribution in [0.3, 0.4) is 0 Å². The van der Waals surface area contributed by atoms with Crippen molar-refractivity contribution in [3.8, 4) is 11.5 Å². The number of aliphatic imine (C=N–C) groups is 1. The van der Waals surface area contributed by atoms with Crippen LogP contribution in [0, 0.1) is 12.3 Å². The van der Waals surface area contributed by atoms with E-state index in [1.165, 1.54) is 22.3 Å². The number of hydrazone groups is 1. The van der Waals surface area contributed by atoms with E-state index in [9.17, 15) is 4.79 Å². The van der Waals surface area contributed by atoms with Gasteiger partial charge in [-0.2, -0.15) is 10.0 Å². The Kier molecular flexibility index (Phi) is 6.59. The number of benzene rings is 2. The molecule has 2 aromatic carbocycles. The fourth-order valence-corrected chi connectivity index (χ4v) is 5.09. The van der Waals surface area contributed by atoms with E-state index < -0.39 is 5.91 Å². The lowest BCUT2D eigenvalue weighted by atomic mass is 10.1. The van der Waals surface area contributed by atoms with E-state index in [0.717, 1.165) is 42.2 Å². The molecule has 8 nitrogen and oxygen atoms in total. The third-order valence-electron chi connectivity index (χ3n) is 5.88. The Morgan fingerprint density at radius 1 is 1.09 bits per heavy atom. The minimum absolute atomic E-state index is 0.0273. The molecule has 3 aliphatic heterocycles. The Balaban J connectivity index is 1.37. The zero-order valence-electron chi connectivity index (χ0n) is 19.8. The molecule has 5 rings (SSSR count). The number of amidine groups is 3. The zero-order valence-corrected chi connectivity index (χ0v) is 20.6. The number of nitrogens with one attached hydrogen (secondary N) is 1. The van der Waals surface area contributed by atoms with Gasteiger partial charge in [0, 0.05) is 13.1 Å². The van der Waals surface area contributed by atoms with Crippen LogP contribution in [0.2, 0.25) is 0 Å². The molecule has 3 aliphatic rings. The average Bonchev–Trinajstić information content (AvgIpc) is 3.52. The standard InChI is InChI=1S/C26H27N5O3S/c1-3-33-22-15-18(9-10-21(22)34-16-19-8-6-7-17(2)13-19)14-20-23(27)31-25(28-24(20)32)35-26(29-31)30-11-4-5-12-30/h6-10,13-15,27H,3-5,11-12,16H2,1-2H3/b20-14-,27-23?. The van der Waals surface area contributed by atoms with Crippen molar-refractivity contribution in [3.05, 3.63) is 64.7 Å². The van der Waals surface area contributed by atoms with Crippen molar-refractivity contribution in [2.24, 2.45) is 10.1 Å². The molecule has 0 aromatic heterocycles. The van der Waals surface area contributed by atoms with Crippen LogP contribution in [-0.2, 0) is 11.4 Å². The van der Waals surface area contributed by atoms with Crippen molar-refractivity contribution in [2.45, 2.75) is 33.3 Å². The summed E-state index contributed by atoms with van der Waals surface area (Å²) in [5, 5.41) is 15.9. The first-order valence-corrected chi connectivity index (χ1v) is 12.5. The van der Waals surface area contributed by atoms with E-state index in [1.807, 2.05) is 50.2 Å². The largest absolute Gasteiger partial charge is 0.490 e. The van der Waals surface area contributed by atoms with Crippen LogP contribution in [0.1, 0.15) is 36.5 Å². The van der Waals surface area contributed by atoms with Gasteiger partial charge in [0.25, 0.3) is 5.91 Å². The van der Waals surface area contributed by atoms with Crippen LogP contribution in [0.25, 0.3) is 6.08 Å². The van der Waals surface area contributed by atoms with Crippen LogP contribution in [0.4, 0.5) is 0 Å². The number of aryl methyl sites for hydroxylation is 1. The molecule has 2 aromatic rings. The minimum Gasteiger partial charge on any atom is -0.490 e. The van der Waals surface area contributed by atoms with E-state index in [0.29, 0.717) is 29.9 Å². The summed E-state index contributed by atoms with van der Waals surface area (Å²) in [5.74, 6) is 0.792. The summed E-state index contributed by atoms with van der Waals surface area (Å²) in [6.45, 7) is 6.74. The molecule has 1 N–H and O–H groups in total. The normalized spacial score (nSPS) is 18.6. The lowest BCUT2D eigenvalue weighted by Crippen LogP contribution is -2.35. The molecule has 180 valence electrons. The van der Waals surface area contributed by atoms with Crippen molar-refractivity contribution < 1.29 is 14.3 Å². The Morgan fingerprint density at radius 2 is 1.91 bits per heavy atom. The number of likely N-dealkylation sites (tertiary alicyclic amines) is 1. The van der Waals surface area contributed by atoms with Gasteiger partial charge in [0.1, 0.15) is 6.61 Å². The van der Waals surface area contributed by atoms with Crippen molar-refractivity contribution >= 4 is 39.9 Å². The molecule has 0 saturated carbocycles. The summed E-state index contributed by atoms with van der Waals surface area (Å²) in [6, 6.07) is 13.7. The second-order valence-electron chi connectivity index (χ2n) is 8.51. The van der Waals surface area contributed by atoms with Gasteiger partial charge in [0.05, 0.1) is 12.2 Å². The summed E-state index contributed by atoms with van der Waals surface area (Å²) >= 11 is 1.35. The molecular weight excluding hydrogens is 462 g/mol. The highest BCUT2D eigenvalue weighted by Crippen LogP contribution is 2.33. The van der Waals surface area contributed by atoms with Crippen LogP contribution < -0.4 is 9.47 Å². The number of fused-ring (bicyclic) bond motifs is 1. The molecule has 35 heavy (non-hydrogen) atoms. The number of nitrogens with zero attached hydrogens (tertiary/aromatic N) is 4. The average molecular weight is 490 g/mol. The van der Waals surface area contributed by atoms with Crippen LogP contribution in [0.15, 0.2) is 58.1 Å². The van der Waals surface area contributed by atoms with E-state index in [4.69, 9.17) is 14.9 Å². The first-order chi connectivity index (χ1) is 17.0. The topological polar surface area (TPSA) is 90.6 Å². The Morgan fingerprint density at radius 3 is 2.69 bits per heavy atom. The van der Waals surface area contributed by atoms with Crippen molar-refractivity contribution in [1.82, 2.24) is 9.91 Å². The smallest absolute Gasteiger partial charge is 0.283 e. The molecule has 0 bridgehead atoms. The van der Waals surface area contributed by atoms with Gasteiger partial charge in [-0.05, 0) is 67.8 Å². The Bertz CT molecular complexity index is 1260.